The van der Waals surface area contributed by atoms with Crippen molar-refractivity contribution in [2.24, 2.45) is 5.14 Å². The molecule has 0 aromatic heterocycles. The second-order valence-corrected chi connectivity index (χ2v) is 7.63. The Labute approximate surface area is 126 Å². The number of benzene rings is 1. The van der Waals surface area contributed by atoms with Crippen molar-refractivity contribution in [1.82, 2.24) is 5.32 Å². The van der Waals surface area contributed by atoms with Gasteiger partial charge in [0, 0.05) is 11.1 Å². The summed E-state index contributed by atoms with van der Waals surface area (Å²) in [6, 6.07) is 4.59. The molecule has 6 heteroatoms. The monoisotopic (exact) mass is 310 g/mol. The summed E-state index contributed by atoms with van der Waals surface area (Å²) in [4.78, 5) is 12.4. The molecule has 0 atom stereocenters. The first-order valence-corrected chi connectivity index (χ1v) is 8.72. The molecule has 1 fully saturated rings. The molecule has 0 aliphatic heterocycles. The Morgan fingerprint density at radius 1 is 1.24 bits per heavy atom. The number of carbonyl (C=O) groups excluding carboxylic acids is 1. The number of nitrogens with two attached hydrogens (primary N) is 1. The first-order chi connectivity index (χ1) is 9.71. The van der Waals surface area contributed by atoms with E-state index in [1.807, 2.05) is 6.92 Å². The van der Waals surface area contributed by atoms with Crippen molar-refractivity contribution in [3.63, 3.8) is 0 Å². The summed E-state index contributed by atoms with van der Waals surface area (Å²) in [6.07, 6.45) is 5.31. The summed E-state index contributed by atoms with van der Waals surface area (Å²) < 4.78 is 23.1. The SMILES string of the molecule is Cc1ccc(C(=O)NC2(C)CCCCC2)cc1S(N)(=O)=O. The minimum atomic E-state index is -3.82. The van der Waals surface area contributed by atoms with Gasteiger partial charge in [-0.05, 0) is 44.4 Å². The number of carbonyl (C=O) groups is 1. The minimum Gasteiger partial charge on any atom is -0.347 e. The quantitative estimate of drug-likeness (QED) is 0.896. The van der Waals surface area contributed by atoms with Crippen LogP contribution in [0.15, 0.2) is 23.1 Å². The zero-order valence-electron chi connectivity index (χ0n) is 12.5. The van der Waals surface area contributed by atoms with Gasteiger partial charge in [-0.2, -0.15) is 0 Å². The van der Waals surface area contributed by atoms with Gasteiger partial charge in [0.2, 0.25) is 10.0 Å². The fraction of sp³-hybridized carbons (Fsp3) is 0.533. The molecule has 116 valence electrons. The van der Waals surface area contributed by atoms with Gasteiger partial charge in [0.1, 0.15) is 0 Å². The molecule has 0 bridgehead atoms. The molecule has 5 nitrogen and oxygen atoms in total. The van der Waals surface area contributed by atoms with Crippen LogP contribution in [0, 0.1) is 6.92 Å². The Morgan fingerprint density at radius 2 is 1.86 bits per heavy atom. The van der Waals surface area contributed by atoms with Crippen LogP contribution >= 0.6 is 0 Å². The number of rotatable bonds is 3. The summed E-state index contributed by atoms with van der Waals surface area (Å²) in [5.74, 6) is -0.246. The van der Waals surface area contributed by atoms with Gasteiger partial charge < -0.3 is 5.32 Å². The largest absolute Gasteiger partial charge is 0.347 e. The van der Waals surface area contributed by atoms with Crippen LogP contribution in [-0.4, -0.2) is 19.9 Å². The highest BCUT2D eigenvalue weighted by atomic mass is 32.2. The number of aryl methyl sites for hydroxylation is 1. The molecule has 0 heterocycles. The molecule has 21 heavy (non-hydrogen) atoms. The van der Waals surface area contributed by atoms with Gasteiger partial charge >= 0.3 is 0 Å². The van der Waals surface area contributed by atoms with Gasteiger partial charge in [0.15, 0.2) is 0 Å². The lowest BCUT2D eigenvalue weighted by Gasteiger charge is -2.34. The maximum Gasteiger partial charge on any atom is 0.251 e. The van der Waals surface area contributed by atoms with E-state index in [1.165, 1.54) is 12.5 Å². The van der Waals surface area contributed by atoms with Crippen LogP contribution in [-0.2, 0) is 10.0 Å². The summed E-state index contributed by atoms with van der Waals surface area (Å²) in [6.45, 7) is 3.70. The summed E-state index contributed by atoms with van der Waals surface area (Å²) >= 11 is 0. The van der Waals surface area contributed by atoms with Crippen molar-refractivity contribution in [2.45, 2.75) is 56.4 Å². The predicted octanol–water partition coefficient (Wildman–Crippen LogP) is 2.10. The second kappa shape index (κ2) is 5.77. The van der Waals surface area contributed by atoms with Crippen molar-refractivity contribution >= 4 is 15.9 Å². The molecule has 1 saturated carbocycles. The van der Waals surface area contributed by atoms with Crippen LogP contribution in [0.2, 0.25) is 0 Å². The first kappa shape index (κ1) is 16.0. The van der Waals surface area contributed by atoms with Crippen molar-refractivity contribution in [1.29, 1.82) is 0 Å². The van der Waals surface area contributed by atoms with E-state index in [0.717, 1.165) is 25.7 Å². The number of hydrogen-bond acceptors (Lipinski definition) is 3. The normalized spacial score (nSPS) is 18.2. The Bertz CT molecular complexity index is 647. The average molecular weight is 310 g/mol. The smallest absolute Gasteiger partial charge is 0.251 e. The van der Waals surface area contributed by atoms with Crippen molar-refractivity contribution in [3.8, 4) is 0 Å². The number of hydrogen-bond donors (Lipinski definition) is 2. The van der Waals surface area contributed by atoms with Gasteiger partial charge in [-0.15, -0.1) is 0 Å². The van der Waals surface area contributed by atoms with Gasteiger partial charge in [0.25, 0.3) is 5.91 Å². The summed E-state index contributed by atoms with van der Waals surface area (Å²) in [5, 5.41) is 8.21. The molecular weight excluding hydrogens is 288 g/mol. The molecule has 2 rings (SSSR count). The van der Waals surface area contributed by atoms with E-state index < -0.39 is 10.0 Å². The maximum absolute atomic E-state index is 12.4. The molecular formula is C15H22N2O3S. The molecule has 0 radical (unpaired) electrons. The topological polar surface area (TPSA) is 89.3 Å². The number of primary sulfonamides is 1. The van der Waals surface area contributed by atoms with Gasteiger partial charge in [0.05, 0.1) is 4.90 Å². The fourth-order valence-electron chi connectivity index (χ4n) is 2.85. The number of nitrogens with one attached hydrogen (secondary N) is 1. The van der Waals surface area contributed by atoms with Crippen molar-refractivity contribution in [3.05, 3.63) is 29.3 Å². The van der Waals surface area contributed by atoms with Gasteiger partial charge in [-0.25, -0.2) is 13.6 Å². The third-order valence-corrected chi connectivity index (χ3v) is 5.18. The van der Waals surface area contributed by atoms with Crippen LogP contribution in [0.3, 0.4) is 0 Å². The standard InChI is InChI=1S/C15H22N2O3S/c1-11-6-7-12(10-13(11)21(16,19)20)14(18)17-15(2)8-4-3-5-9-15/h6-7,10H,3-5,8-9H2,1-2H3,(H,17,18)(H2,16,19,20). The molecule has 1 amide bonds. The lowest BCUT2D eigenvalue weighted by Crippen LogP contribution is -2.47. The van der Waals surface area contributed by atoms with E-state index in [2.05, 4.69) is 5.32 Å². The van der Waals surface area contributed by atoms with Crippen LogP contribution in [0.1, 0.15) is 54.9 Å². The lowest BCUT2D eigenvalue weighted by atomic mass is 9.83. The van der Waals surface area contributed by atoms with Crippen LogP contribution in [0.4, 0.5) is 0 Å². The second-order valence-electron chi connectivity index (χ2n) is 6.10. The van der Waals surface area contributed by atoms with Gasteiger partial charge in [-0.1, -0.05) is 25.3 Å². The van der Waals surface area contributed by atoms with E-state index >= 15 is 0 Å². The summed E-state index contributed by atoms with van der Waals surface area (Å²) in [7, 11) is -3.82. The molecule has 1 aromatic carbocycles. The van der Waals surface area contributed by atoms with Crippen molar-refractivity contribution < 1.29 is 13.2 Å². The number of sulfonamides is 1. The highest BCUT2D eigenvalue weighted by Gasteiger charge is 2.29. The Kier molecular flexibility index (Phi) is 4.39. The zero-order valence-corrected chi connectivity index (χ0v) is 13.3. The average Bonchev–Trinajstić information content (AvgIpc) is 2.38. The maximum atomic E-state index is 12.4. The molecule has 3 N–H and O–H groups in total. The molecule has 0 saturated heterocycles. The Morgan fingerprint density at radius 3 is 2.43 bits per heavy atom. The van der Waals surface area contributed by atoms with E-state index in [0.29, 0.717) is 11.1 Å². The minimum absolute atomic E-state index is 0.00365. The van der Waals surface area contributed by atoms with E-state index in [4.69, 9.17) is 5.14 Å². The van der Waals surface area contributed by atoms with Crippen LogP contribution in [0.25, 0.3) is 0 Å². The highest BCUT2D eigenvalue weighted by Crippen LogP contribution is 2.28. The van der Waals surface area contributed by atoms with E-state index in [9.17, 15) is 13.2 Å². The first-order valence-electron chi connectivity index (χ1n) is 7.17. The van der Waals surface area contributed by atoms with Gasteiger partial charge in [-0.3, -0.25) is 4.79 Å². The van der Waals surface area contributed by atoms with E-state index in [-0.39, 0.29) is 16.3 Å². The van der Waals surface area contributed by atoms with E-state index in [1.54, 1.807) is 19.1 Å². The third-order valence-electron chi connectivity index (χ3n) is 4.13. The fourth-order valence-corrected chi connectivity index (χ4v) is 3.66. The molecule has 1 aliphatic rings. The highest BCUT2D eigenvalue weighted by molar-refractivity contribution is 7.89. The Hall–Kier alpha value is -1.40. The third kappa shape index (κ3) is 3.83. The van der Waals surface area contributed by atoms with Crippen LogP contribution in [0.5, 0.6) is 0 Å². The molecule has 0 spiro atoms. The molecule has 1 aliphatic carbocycles. The Balaban J connectivity index is 2.24. The molecule has 0 unspecified atom stereocenters. The molecule has 1 aromatic rings. The van der Waals surface area contributed by atoms with Crippen LogP contribution < -0.4 is 10.5 Å². The number of amides is 1. The van der Waals surface area contributed by atoms with Crippen molar-refractivity contribution in [2.75, 3.05) is 0 Å². The lowest BCUT2D eigenvalue weighted by molar-refractivity contribution is 0.0882. The predicted molar refractivity (Wildman–Crippen MR) is 81.5 cm³/mol. The zero-order chi connectivity index (χ0) is 15.7. The summed E-state index contributed by atoms with van der Waals surface area (Å²) in [5.41, 5.74) is 0.663.